The quantitative estimate of drug-likeness (QED) is 0.0683. The Kier molecular flexibility index (Phi) is 23.4. The molecule has 0 aromatic heterocycles. The predicted octanol–water partition coefficient (Wildman–Crippen LogP) is 4.52. The number of allylic oxidation sites excluding steroid dienone is 4. The molecule has 0 amide bonds. The molecular weight excluding hydrogens is 543 g/mol. The Morgan fingerprint density at radius 3 is 1.51 bits per heavy atom. The molecule has 0 aliphatic heterocycles. The van der Waals surface area contributed by atoms with Gasteiger partial charge in [0.05, 0.1) is 29.2 Å². The van der Waals surface area contributed by atoms with Gasteiger partial charge in [0.1, 0.15) is 10.1 Å². The molecule has 0 spiro atoms. The summed E-state index contributed by atoms with van der Waals surface area (Å²) >= 11 is 0. The maximum atomic E-state index is 12.7. The van der Waals surface area contributed by atoms with Crippen LogP contribution in [0.15, 0.2) is 47.4 Å². The molecule has 0 fully saturated rings. The summed E-state index contributed by atoms with van der Waals surface area (Å²) in [6.45, 7) is 4.64. The number of carbonyl (C=O) groups is 2. The second-order valence-corrected chi connectivity index (χ2v) is 10.7. The molecule has 0 N–H and O–H groups in total. The first kappa shape index (κ1) is 38.2. The molecule has 1 aromatic rings. The third kappa shape index (κ3) is 18.3. The maximum absolute atomic E-state index is 12.7. The fraction of sp³-hybridized carbons (Fsp3) is 0.600. The van der Waals surface area contributed by atoms with E-state index in [4.69, 9.17) is 9.47 Å². The number of ether oxygens (including phenoxy) is 2. The fourth-order valence-electron chi connectivity index (χ4n) is 3.74. The summed E-state index contributed by atoms with van der Waals surface area (Å²) in [6.07, 6.45) is 22.7. The van der Waals surface area contributed by atoms with Crippen molar-refractivity contribution in [1.82, 2.24) is 0 Å². The Morgan fingerprint density at radius 2 is 1.10 bits per heavy atom. The molecule has 0 saturated carbocycles. The van der Waals surface area contributed by atoms with Crippen LogP contribution in [0.5, 0.6) is 0 Å². The molecule has 0 heterocycles. The van der Waals surface area contributed by atoms with E-state index in [-0.39, 0.29) is 75.7 Å². The van der Waals surface area contributed by atoms with Gasteiger partial charge in [0.15, 0.2) is 0 Å². The van der Waals surface area contributed by atoms with Crippen LogP contribution in [0.2, 0.25) is 0 Å². The second kappa shape index (κ2) is 23.8. The molecule has 9 heteroatoms. The number of hydrogen-bond acceptors (Lipinski definition) is 7. The molecule has 39 heavy (non-hydrogen) atoms. The van der Waals surface area contributed by atoms with E-state index in [1.807, 2.05) is 0 Å². The van der Waals surface area contributed by atoms with Crippen LogP contribution in [-0.2, 0) is 19.6 Å². The molecule has 214 valence electrons. The smallest absolute Gasteiger partial charge is 0.744 e. The van der Waals surface area contributed by atoms with E-state index < -0.39 is 27.0 Å². The van der Waals surface area contributed by atoms with E-state index in [1.54, 1.807) is 0 Å². The van der Waals surface area contributed by atoms with E-state index >= 15 is 0 Å². The number of rotatable bonds is 21. The van der Waals surface area contributed by atoms with Crippen molar-refractivity contribution in [3.05, 3.63) is 53.6 Å². The standard InChI is InChI=1S/C30H46O7S.K/c1-3-5-7-9-11-13-15-17-19-23-36-29(31)27-22-21-26(38(33,34)35)25-28(27)30(32)37-24-20-18-16-14-12-10-8-6-4-2;/h11-14,21-22,25H,3-10,15-20,23-24H2,1-2H3,(H,33,34,35);/q;+1/p-1/b13-11+,14-12+;. The first-order chi connectivity index (χ1) is 18.3. The minimum Gasteiger partial charge on any atom is -0.744 e. The summed E-state index contributed by atoms with van der Waals surface area (Å²) in [4.78, 5) is 24.7. The second-order valence-electron chi connectivity index (χ2n) is 9.36. The third-order valence-electron chi connectivity index (χ3n) is 6.00. The average Bonchev–Trinajstić information content (AvgIpc) is 2.89. The Labute approximate surface area is 278 Å². The normalized spacial score (nSPS) is 11.6. The largest absolute Gasteiger partial charge is 1.00 e. The van der Waals surface area contributed by atoms with Crippen LogP contribution >= 0.6 is 0 Å². The molecule has 1 rings (SSSR count). The zero-order valence-electron chi connectivity index (χ0n) is 24.1. The van der Waals surface area contributed by atoms with E-state index in [0.717, 1.165) is 56.7 Å². The minimum absolute atomic E-state index is 0. The van der Waals surface area contributed by atoms with Crippen LogP contribution in [0.1, 0.15) is 124 Å². The number of hydrogen-bond donors (Lipinski definition) is 0. The molecule has 0 unspecified atom stereocenters. The van der Waals surface area contributed by atoms with Crippen LogP contribution in [0.25, 0.3) is 0 Å². The van der Waals surface area contributed by atoms with E-state index in [0.29, 0.717) is 12.8 Å². The zero-order valence-corrected chi connectivity index (χ0v) is 28.1. The SMILES string of the molecule is CCCCC/C=C/CCCCOC(=O)c1ccc(S(=O)(=O)[O-])cc1C(=O)OCCCC/C=C/CCCCC.[K+]. The molecule has 0 atom stereocenters. The van der Waals surface area contributed by atoms with Crippen molar-refractivity contribution in [2.24, 2.45) is 0 Å². The zero-order chi connectivity index (χ0) is 28.1. The van der Waals surface area contributed by atoms with Crippen LogP contribution in [0, 0.1) is 0 Å². The summed E-state index contributed by atoms with van der Waals surface area (Å²) in [5.74, 6) is -1.61. The summed E-state index contributed by atoms with van der Waals surface area (Å²) < 4.78 is 45.0. The van der Waals surface area contributed by atoms with Gasteiger partial charge in [-0.1, -0.05) is 63.8 Å². The van der Waals surface area contributed by atoms with Gasteiger partial charge in [-0.3, -0.25) is 0 Å². The summed E-state index contributed by atoms with van der Waals surface area (Å²) in [6, 6.07) is 3.03. The van der Waals surface area contributed by atoms with Crippen molar-refractivity contribution in [3.63, 3.8) is 0 Å². The van der Waals surface area contributed by atoms with Crippen molar-refractivity contribution in [2.45, 2.75) is 109 Å². The van der Waals surface area contributed by atoms with Gasteiger partial charge in [-0.2, -0.15) is 0 Å². The molecule has 0 bridgehead atoms. The van der Waals surface area contributed by atoms with E-state index in [9.17, 15) is 22.6 Å². The topological polar surface area (TPSA) is 110 Å². The van der Waals surface area contributed by atoms with Gasteiger partial charge in [-0.25, -0.2) is 18.0 Å². The number of benzene rings is 1. The Balaban J connectivity index is 0.0000144. The third-order valence-corrected chi connectivity index (χ3v) is 6.83. The minimum atomic E-state index is -4.81. The van der Waals surface area contributed by atoms with E-state index in [2.05, 4.69) is 38.2 Å². The van der Waals surface area contributed by atoms with Crippen LogP contribution < -0.4 is 51.4 Å². The fourth-order valence-corrected chi connectivity index (χ4v) is 4.23. The molecule has 1 aromatic carbocycles. The van der Waals surface area contributed by atoms with Gasteiger partial charge in [0, 0.05) is 0 Å². The summed E-state index contributed by atoms with van der Waals surface area (Å²) in [5.41, 5.74) is -0.397. The average molecular weight is 589 g/mol. The van der Waals surface area contributed by atoms with Gasteiger partial charge in [-0.15, -0.1) is 0 Å². The van der Waals surface area contributed by atoms with Crippen molar-refractivity contribution in [3.8, 4) is 0 Å². The van der Waals surface area contributed by atoms with E-state index in [1.165, 1.54) is 38.5 Å². The monoisotopic (exact) mass is 588 g/mol. The van der Waals surface area contributed by atoms with Crippen molar-refractivity contribution in [1.29, 1.82) is 0 Å². The molecule has 0 saturated heterocycles. The molecule has 0 radical (unpaired) electrons. The maximum Gasteiger partial charge on any atom is 1.00 e. The van der Waals surface area contributed by atoms with Gasteiger partial charge in [-0.05, 0) is 82.4 Å². The van der Waals surface area contributed by atoms with Crippen LogP contribution in [0.4, 0.5) is 0 Å². The van der Waals surface area contributed by atoms with Crippen molar-refractivity contribution in [2.75, 3.05) is 13.2 Å². The van der Waals surface area contributed by atoms with Crippen molar-refractivity contribution >= 4 is 22.1 Å². The number of esters is 2. The van der Waals surface area contributed by atoms with Crippen LogP contribution in [0.3, 0.4) is 0 Å². The first-order valence-electron chi connectivity index (χ1n) is 14.0. The van der Waals surface area contributed by atoms with Crippen molar-refractivity contribution < 1.29 is 83.4 Å². The van der Waals surface area contributed by atoms with Gasteiger partial charge in [0.2, 0.25) is 0 Å². The molecule has 7 nitrogen and oxygen atoms in total. The predicted molar refractivity (Wildman–Crippen MR) is 149 cm³/mol. The summed E-state index contributed by atoms with van der Waals surface area (Å²) in [5, 5.41) is 0. The Hall–Kier alpha value is -0.814. The molecule has 0 aliphatic carbocycles. The Bertz CT molecular complexity index is 987. The van der Waals surface area contributed by atoms with Gasteiger partial charge in [0.25, 0.3) is 0 Å². The molecule has 0 aliphatic rings. The van der Waals surface area contributed by atoms with Crippen LogP contribution in [-0.4, -0.2) is 38.1 Å². The number of carbonyl (C=O) groups excluding carboxylic acids is 2. The van der Waals surface area contributed by atoms with Gasteiger partial charge >= 0.3 is 63.3 Å². The first-order valence-corrected chi connectivity index (χ1v) is 15.5. The van der Waals surface area contributed by atoms with Gasteiger partial charge < -0.3 is 14.0 Å². The Morgan fingerprint density at radius 1 is 0.692 bits per heavy atom. The molecular formula is C30H45KO7S. The number of unbranched alkanes of at least 4 members (excludes halogenated alkanes) is 10. The summed E-state index contributed by atoms with van der Waals surface area (Å²) in [7, 11) is -4.81.